The third-order valence-electron chi connectivity index (χ3n) is 4.68. The number of fused-ring (bicyclic) bond motifs is 1. The molecule has 2 aliphatic carbocycles. The van der Waals surface area contributed by atoms with Crippen molar-refractivity contribution >= 4 is 5.78 Å². The zero-order valence-electron chi connectivity index (χ0n) is 10.7. The largest absolute Gasteiger partial charge is 0.299 e. The molecule has 0 aromatic heterocycles. The topological polar surface area (TPSA) is 17.1 Å². The first-order chi connectivity index (χ1) is 7.43. The Balaban J connectivity index is 2.26. The van der Waals surface area contributed by atoms with E-state index in [0.717, 1.165) is 25.7 Å². The molecule has 0 saturated heterocycles. The van der Waals surface area contributed by atoms with Crippen LogP contribution in [0.15, 0.2) is 23.8 Å². The van der Waals surface area contributed by atoms with Crippen LogP contribution in [0.25, 0.3) is 0 Å². The maximum absolute atomic E-state index is 12.3. The Kier molecular flexibility index (Phi) is 2.81. The van der Waals surface area contributed by atoms with Crippen LogP contribution in [0.1, 0.15) is 46.5 Å². The number of hydrogen-bond acceptors (Lipinski definition) is 1. The molecule has 1 heteroatoms. The number of carbonyl (C=O) groups is 1. The van der Waals surface area contributed by atoms with Gasteiger partial charge in [0, 0.05) is 11.8 Å². The molecule has 0 spiro atoms. The quantitative estimate of drug-likeness (QED) is 0.610. The second kappa shape index (κ2) is 3.87. The molecule has 0 radical (unpaired) electrons. The Bertz CT molecular complexity index is 364. The smallest absolute Gasteiger partial charge is 0.139 e. The van der Waals surface area contributed by atoms with Crippen molar-refractivity contribution in [3.05, 3.63) is 23.8 Å². The van der Waals surface area contributed by atoms with Crippen LogP contribution in [0.5, 0.6) is 0 Å². The molecule has 0 bridgehead atoms. The maximum Gasteiger partial charge on any atom is 0.139 e. The molecule has 1 saturated carbocycles. The predicted molar refractivity (Wildman–Crippen MR) is 67.1 cm³/mol. The molecule has 16 heavy (non-hydrogen) atoms. The summed E-state index contributed by atoms with van der Waals surface area (Å²) in [4.78, 5) is 12.3. The van der Waals surface area contributed by atoms with Crippen molar-refractivity contribution in [3.63, 3.8) is 0 Å². The third-order valence-corrected chi connectivity index (χ3v) is 4.68. The summed E-state index contributed by atoms with van der Waals surface area (Å²) in [5.74, 6) is 1.43. The summed E-state index contributed by atoms with van der Waals surface area (Å²) in [6.45, 7) is 10.4. The van der Waals surface area contributed by atoms with E-state index in [1.54, 1.807) is 0 Å². The summed E-state index contributed by atoms with van der Waals surface area (Å²) in [6, 6.07) is 0. The van der Waals surface area contributed by atoms with E-state index in [-0.39, 0.29) is 5.41 Å². The normalized spacial score (nSPS) is 38.9. The molecular formula is C15H22O. The van der Waals surface area contributed by atoms with E-state index >= 15 is 0 Å². The fourth-order valence-corrected chi connectivity index (χ4v) is 3.19. The van der Waals surface area contributed by atoms with Gasteiger partial charge in [-0.05, 0) is 44.9 Å². The highest BCUT2D eigenvalue weighted by Crippen LogP contribution is 2.50. The van der Waals surface area contributed by atoms with Crippen molar-refractivity contribution in [2.45, 2.75) is 46.5 Å². The van der Waals surface area contributed by atoms with Crippen LogP contribution in [0.2, 0.25) is 0 Å². The van der Waals surface area contributed by atoms with Crippen molar-refractivity contribution in [3.8, 4) is 0 Å². The molecule has 0 aliphatic heterocycles. The highest BCUT2D eigenvalue weighted by Gasteiger charge is 2.46. The minimum Gasteiger partial charge on any atom is -0.299 e. The first-order valence-corrected chi connectivity index (χ1v) is 6.28. The number of hydrogen-bond donors (Lipinski definition) is 0. The molecule has 0 amide bonds. The van der Waals surface area contributed by atoms with Crippen molar-refractivity contribution in [1.29, 1.82) is 0 Å². The highest BCUT2D eigenvalue weighted by molar-refractivity contribution is 5.86. The average molecular weight is 218 g/mol. The molecule has 1 fully saturated rings. The predicted octanol–water partition coefficient (Wildman–Crippen LogP) is 3.90. The molecule has 0 aromatic carbocycles. The second-order valence-electron chi connectivity index (χ2n) is 5.98. The molecule has 0 heterocycles. The summed E-state index contributed by atoms with van der Waals surface area (Å²) in [5.41, 5.74) is 2.56. The molecular weight excluding hydrogens is 196 g/mol. The Labute approximate surface area is 98.6 Å². The minimum atomic E-state index is -0.0779. The number of allylic oxidation sites excluding steroid dienone is 3. The van der Waals surface area contributed by atoms with E-state index in [2.05, 4.69) is 33.4 Å². The van der Waals surface area contributed by atoms with Gasteiger partial charge in [0.2, 0.25) is 0 Å². The van der Waals surface area contributed by atoms with Crippen molar-refractivity contribution < 1.29 is 4.79 Å². The molecule has 3 atom stereocenters. The molecule has 0 N–H and O–H groups in total. The third kappa shape index (κ3) is 1.77. The molecule has 2 aliphatic rings. The Hall–Kier alpha value is -0.850. The lowest BCUT2D eigenvalue weighted by Gasteiger charge is -2.45. The lowest BCUT2D eigenvalue weighted by Crippen LogP contribution is -2.44. The lowest BCUT2D eigenvalue weighted by molar-refractivity contribution is -0.135. The van der Waals surface area contributed by atoms with Gasteiger partial charge in [-0.1, -0.05) is 30.7 Å². The monoisotopic (exact) mass is 218 g/mol. The maximum atomic E-state index is 12.3. The SMILES string of the molecule is C=C(C)[C@@H]1CC(=O)[C@@]2(C)CC=C(C)C[C@H]2C1. The van der Waals surface area contributed by atoms with Crippen LogP contribution < -0.4 is 0 Å². The van der Waals surface area contributed by atoms with Gasteiger partial charge in [-0.3, -0.25) is 4.79 Å². The molecule has 88 valence electrons. The van der Waals surface area contributed by atoms with Gasteiger partial charge in [0.25, 0.3) is 0 Å². The Morgan fingerprint density at radius 2 is 2.19 bits per heavy atom. The summed E-state index contributed by atoms with van der Waals surface area (Å²) in [7, 11) is 0. The number of rotatable bonds is 1. The van der Waals surface area contributed by atoms with Crippen LogP contribution in [-0.2, 0) is 4.79 Å². The van der Waals surface area contributed by atoms with Gasteiger partial charge in [0.1, 0.15) is 5.78 Å². The van der Waals surface area contributed by atoms with Gasteiger partial charge in [0.05, 0.1) is 0 Å². The summed E-state index contributed by atoms with van der Waals surface area (Å²) < 4.78 is 0. The van der Waals surface area contributed by atoms with Gasteiger partial charge in [-0.15, -0.1) is 0 Å². The van der Waals surface area contributed by atoms with E-state index in [0.29, 0.717) is 17.6 Å². The molecule has 2 rings (SSSR count). The van der Waals surface area contributed by atoms with Crippen LogP contribution in [0, 0.1) is 17.3 Å². The van der Waals surface area contributed by atoms with Crippen LogP contribution in [0.4, 0.5) is 0 Å². The van der Waals surface area contributed by atoms with E-state index in [4.69, 9.17) is 0 Å². The van der Waals surface area contributed by atoms with E-state index in [1.165, 1.54) is 11.1 Å². The molecule has 1 nitrogen and oxygen atoms in total. The van der Waals surface area contributed by atoms with Crippen LogP contribution >= 0.6 is 0 Å². The minimum absolute atomic E-state index is 0.0779. The van der Waals surface area contributed by atoms with Gasteiger partial charge in [0.15, 0.2) is 0 Å². The fourth-order valence-electron chi connectivity index (χ4n) is 3.19. The van der Waals surface area contributed by atoms with E-state index in [1.807, 2.05) is 0 Å². The van der Waals surface area contributed by atoms with Crippen molar-refractivity contribution in [2.75, 3.05) is 0 Å². The van der Waals surface area contributed by atoms with Gasteiger partial charge in [-0.25, -0.2) is 0 Å². The summed E-state index contributed by atoms with van der Waals surface area (Å²) in [5, 5.41) is 0. The average Bonchev–Trinajstić information content (AvgIpc) is 2.21. The molecule has 0 unspecified atom stereocenters. The van der Waals surface area contributed by atoms with Crippen molar-refractivity contribution in [2.24, 2.45) is 17.3 Å². The summed E-state index contributed by atoms with van der Waals surface area (Å²) in [6.07, 6.45) is 6.19. The second-order valence-corrected chi connectivity index (χ2v) is 5.98. The summed E-state index contributed by atoms with van der Waals surface area (Å²) >= 11 is 0. The number of Topliss-reactive ketones (excluding diaryl/α,β-unsaturated/α-hetero) is 1. The highest BCUT2D eigenvalue weighted by atomic mass is 16.1. The van der Waals surface area contributed by atoms with Crippen LogP contribution in [-0.4, -0.2) is 5.78 Å². The molecule has 0 aromatic rings. The number of ketones is 1. The standard InChI is InChI=1S/C15H22O/c1-10(2)12-8-13-7-11(3)5-6-15(13,4)14(16)9-12/h5,12-13H,1,6-9H2,2-4H3/t12-,13-,15-/m0/s1. The fraction of sp³-hybridized carbons (Fsp3) is 0.667. The number of carbonyl (C=O) groups excluding carboxylic acids is 1. The van der Waals surface area contributed by atoms with Crippen molar-refractivity contribution in [1.82, 2.24) is 0 Å². The van der Waals surface area contributed by atoms with E-state index in [9.17, 15) is 4.79 Å². The Morgan fingerprint density at radius 3 is 2.81 bits per heavy atom. The Morgan fingerprint density at radius 1 is 1.50 bits per heavy atom. The van der Waals surface area contributed by atoms with Gasteiger partial charge in [-0.2, -0.15) is 0 Å². The van der Waals surface area contributed by atoms with Crippen LogP contribution in [0.3, 0.4) is 0 Å². The van der Waals surface area contributed by atoms with E-state index < -0.39 is 0 Å². The van der Waals surface area contributed by atoms with Gasteiger partial charge < -0.3 is 0 Å². The first-order valence-electron chi connectivity index (χ1n) is 6.28. The zero-order chi connectivity index (χ0) is 11.9. The lowest BCUT2D eigenvalue weighted by atomic mass is 9.57. The van der Waals surface area contributed by atoms with Gasteiger partial charge >= 0.3 is 0 Å². The first kappa shape index (κ1) is 11.6. The zero-order valence-corrected chi connectivity index (χ0v) is 10.7.